The van der Waals surface area contributed by atoms with E-state index in [-0.39, 0.29) is 0 Å². The van der Waals surface area contributed by atoms with Crippen LogP contribution in [-0.4, -0.2) is 43.3 Å². The van der Waals surface area contributed by atoms with E-state index in [0.29, 0.717) is 12.5 Å². The highest BCUT2D eigenvalue weighted by atomic mass is 16.5. The normalized spacial score (nSPS) is 11.4. The molecule has 0 radical (unpaired) electrons. The maximum Gasteiger partial charge on any atom is 0.0662 e. The fraction of sp³-hybridized carbons (Fsp3) is 0.800. The molecule has 1 heterocycles. The zero-order chi connectivity index (χ0) is 14.8. The Bertz CT molecular complexity index is 364. The Kier molecular flexibility index (Phi) is 8.49. The standard InChI is InChI=1S/C15H29N3O2/c1-13(2)10-16-11-15-12-18(17-14(15)3)6-9-20-8-5-7-19-4/h12-13,16H,5-11H2,1-4H3. The van der Waals surface area contributed by atoms with Crippen molar-refractivity contribution in [1.29, 1.82) is 0 Å². The minimum absolute atomic E-state index is 0.672. The van der Waals surface area contributed by atoms with Gasteiger partial charge in [-0.05, 0) is 25.8 Å². The van der Waals surface area contributed by atoms with Crippen LogP contribution < -0.4 is 5.32 Å². The lowest BCUT2D eigenvalue weighted by molar-refractivity contribution is 0.0961. The van der Waals surface area contributed by atoms with Crippen LogP contribution in [0.3, 0.4) is 0 Å². The van der Waals surface area contributed by atoms with Gasteiger partial charge in [0.2, 0.25) is 0 Å². The molecule has 5 nitrogen and oxygen atoms in total. The van der Waals surface area contributed by atoms with Crippen LogP contribution in [0.4, 0.5) is 0 Å². The van der Waals surface area contributed by atoms with Crippen LogP contribution in [0.1, 0.15) is 31.5 Å². The van der Waals surface area contributed by atoms with E-state index in [1.54, 1.807) is 7.11 Å². The molecule has 5 heteroatoms. The maximum atomic E-state index is 5.54. The number of rotatable bonds is 11. The number of methoxy groups -OCH3 is 1. The van der Waals surface area contributed by atoms with E-state index < -0.39 is 0 Å². The summed E-state index contributed by atoms with van der Waals surface area (Å²) in [5.74, 6) is 0.672. The first-order chi connectivity index (χ1) is 9.63. The average molecular weight is 283 g/mol. The summed E-state index contributed by atoms with van der Waals surface area (Å²) in [6.45, 7) is 11.4. The fourth-order valence-electron chi connectivity index (χ4n) is 1.91. The maximum absolute atomic E-state index is 5.54. The molecule has 1 aromatic heterocycles. The lowest BCUT2D eigenvalue weighted by Gasteiger charge is -2.06. The fourth-order valence-corrected chi connectivity index (χ4v) is 1.91. The van der Waals surface area contributed by atoms with Crippen molar-refractivity contribution in [3.8, 4) is 0 Å². The molecule has 0 spiro atoms. The summed E-state index contributed by atoms with van der Waals surface area (Å²) in [7, 11) is 1.71. The predicted octanol–water partition coefficient (Wildman–Crippen LogP) is 1.99. The smallest absolute Gasteiger partial charge is 0.0662 e. The third kappa shape index (κ3) is 7.03. The lowest BCUT2D eigenvalue weighted by Crippen LogP contribution is -2.19. The molecule has 116 valence electrons. The van der Waals surface area contributed by atoms with Gasteiger partial charge in [-0.2, -0.15) is 5.10 Å². The first-order valence-electron chi connectivity index (χ1n) is 7.43. The molecule has 0 fully saturated rings. The molecule has 20 heavy (non-hydrogen) atoms. The van der Waals surface area contributed by atoms with Crippen molar-refractivity contribution < 1.29 is 9.47 Å². The van der Waals surface area contributed by atoms with E-state index in [4.69, 9.17) is 9.47 Å². The second-order valence-electron chi connectivity index (χ2n) is 5.49. The van der Waals surface area contributed by atoms with E-state index in [9.17, 15) is 0 Å². The monoisotopic (exact) mass is 283 g/mol. The highest BCUT2D eigenvalue weighted by Gasteiger charge is 2.04. The van der Waals surface area contributed by atoms with E-state index in [1.807, 2.05) is 4.68 Å². The second kappa shape index (κ2) is 9.91. The Morgan fingerprint density at radius 3 is 2.80 bits per heavy atom. The molecule has 0 aliphatic carbocycles. The molecule has 0 aliphatic heterocycles. The van der Waals surface area contributed by atoms with Gasteiger partial charge >= 0.3 is 0 Å². The summed E-state index contributed by atoms with van der Waals surface area (Å²) in [5.41, 5.74) is 2.37. The Labute approximate surface area is 122 Å². The quantitative estimate of drug-likeness (QED) is 0.631. The molecule has 0 aliphatic rings. The molecule has 0 atom stereocenters. The number of hydrogen-bond acceptors (Lipinski definition) is 4. The summed E-state index contributed by atoms with van der Waals surface area (Å²) in [4.78, 5) is 0. The predicted molar refractivity (Wildman–Crippen MR) is 80.8 cm³/mol. The Morgan fingerprint density at radius 1 is 1.30 bits per heavy atom. The van der Waals surface area contributed by atoms with Crippen molar-refractivity contribution in [1.82, 2.24) is 15.1 Å². The zero-order valence-corrected chi connectivity index (χ0v) is 13.3. The number of nitrogens with one attached hydrogen (secondary N) is 1. The summed E-state index contributed by atoms with van der Waals surface area (Å²) in [6.07, 6.45) is 3.06. The molecular formula is C15H29N3O2. The molecule has 1 aromatic rings. The van der Waals surface area contributed by atoms with Gasteiger partial charge < -0.3 is 14.8 Å². The Hall–Kier alpha value is -0.910. The van der Waals surface area contributed by atoms with Gasteiger partial charge in [-0.25, -0.2) is 0 Å². The van der Waals surface area contributed by atoms with Gasteiger partial charge in [0.15, 0.2) is 0 Å². The Morgan fingerprint density at radius 2 is 2.10 bits per heavy atom. The van der Waals surface area contributed by atoms with Crippen LogP contribution in [0.15, 0.2) is 6.20 Å². The molecule has 0 aromatic carbocycles. The Balaban J connectivity index is 2.23. The van der Waals surface area contributed by atoms with Gasteiger partial charge in [0, 0.05) is 38.6 Å². The molecule has 1 rings (SSSR count). The van der Waals surface area contributed by atoms with Crippen molar-refractivity contribution in [2.75, 3.05) is 33.5 Å². The summed E-state index contributed by atoms with van der Waals surface area (Å²) < 4.78 is 12.5. The van der Waals surface area contributed by atoms with E-state index in [0.717, 1.165) is 45.0 Å². The van der Waals surface area contributed by atoms with Crippen molar-refractivity contribution in [3.05, 3.63) is 17.5 Å². The third-order valence-electron chi connectivity index (χ3n) is 3.02. The SMILES string of the molecule is COCCCOCCn1cc(CNCC(C)C)c(C)n1. The molecule has 0 unspecified atom stereocenters. The number of ether oxygens (including phenoxy) is 2. The first kappa shape index (κ1) is 17.1. The van der Waals surface area contributed by atoms with Crippen LogP contribution in [0.2, 0.25) is 0 Å². The summed E-state index contributed by atoms with van der Waals surface area (Å²) >= 11 is 0. The summed E-state index contributed by atoms with van der Waals surface area (Å²) in [6, 6.07) is 0. The van der Waals surface area contributed by atoms with Crippen LogP contribution in [-0.2, 0) is 22.6 Å². The lowest BCUT2D eigenvalue weighted by atomic mass is 10.2. The van der Waals surface area contributed by atoms with Gasteiger partial charge in [-0.15, -0.1) is 0 Å². The van der Waals surface area contributed by atoms with Crippen LogP contribution in [0.5, 0.6) is 0 Å². The van der Waals surface area contributed by atoms with Gasteiger partial charge in [0.25, 0.3) is 0 Å². The van der Waals surface area contributed by atoms with Crippen molar-refractivity contribution in [2.24, 2.45) is 5.92 Å². The van der Waals surface area contributed by atoms with Gasteiger partial charge in [-0.3, -0.25) is 4.68 Å². The van der Waals surface area contributed by atoms with Crippen molar-refractivity contribution in [2.45, 2.75) is 40.3 Å². The molecular weight excluding hydrogens is 254 g/mol. The van der Waals surface area contributed by atoms with Crippen LogP contribution in [0, 0.1) is 12.8 Å². The molecule has 0 bridgehead atoms. The average Bonchev–Trinajstić information content (AvgIpc) is 2.74. The molecule has 1 N–H and O–H groups in total. The van der Waals surface area contributed by atoms with Gasteiger partial charge in [0.1, 0.15) is 0 Å². The van der Waals surface area contributed by atoms with Gasteiger partial charge in [0.05, 0.1) is 18.8 Å². The largest absolute Gasteiger partial charge is 0.385 e. The molecule has 0 saturated heterocycles. The first-order valence-corrected chi connectivity index (χ1v) is 7.43. The van der Waals surface area contributed by atoms with Crippen molar-refractivity contribution >= 4 is 0 Å². The zero-order valence-electron chi connectivity index (χ0n) is 13.3. The topological polar surface area (TPSA) is 48.3 Å². The molecule has 0 saturated carbocycles. The van der Waals surface area contributed by atoms with E-state index in [2.05, 4.69) is 37.4 Å². The minimum Gasteiger partial charge on any atom is -0.385 e. The highest BCUT2D eigenvalue weighted by Crippen LogP contribution is 2.05. The summed E-state index contributed by atoms with van der Waals surface area (Å²) in [5, 5.41) is 7.96. The van der Waals surface area contributed by atoms with Crippen LogP contribution in [0.25, 0.3) is 0 Å². The minimum atomic E-state index is 0.672. The second-order valence-corrected chi connectivity index (χ2v) is 5.49. The van der Waals surface area contributed by atoms with E-state index in [1.165, 1.54) is 5.56 Å². The molecule has 0 amide bonds. The number of nitrogens with zero attached hydrogens (tertiary/aromatic N) is 2. The number of aromatic nitrogens is 2. The highest BCUT2D eigenvalue weighted by molar-refractivity contribution is 5.14. The number of aryl methyl sites for hydroxylation is 1. The number of hydrogen-bond donors (Lipinski definition) is 1. The van der Waals surface area contributed by atoms with E-state index >= 15 is 0 Å². The van der Waals surface area contributed by atoms with Crippen molar-refractivity contribution in [3.63, 3.8) is 0 Å². The van der Waals surface area contributed by atoms with Gasteiger partial charge in [-0.1, -0.05) is 13.8 Å². The van der Waals surface area contributed by atoms with Crippen LogP contribution >= 0.6 is 0 Å². The third-order valence-corrected chi connectivity index (χ3v) is 3.02.